The van der Waals surface area contributed by atoms with E-state index in [1.54, 1.807) is 12.0 Å². The molecular formula is C37H47ClN4O3. The van der Waals surface area contributed by atoms with Gasteiger partial charge in [0, 0.05) is 64.4 Å². The third-order valence-corrected chi connectivity index (χ3v) is 9.38. The van der Waals surface area contributed by atoms with E-state index in [4.69, 9.17) is 16.3 Å². The quantitative estimate of drug-likeness (QED) is 0.295. The summed E-state index contributed by atoms with van der Waals surface area (Å²) >= 11 is 6.47. The number of amides is 2. The summed E-state index contributed by atoms with van der Waals surface area (Å²) < 4.78 is 5.24. The van der Waals surface area contributed by atoms with Crippen LogP contribution in [0.15, 0.2) is 78.9 Å². The number of carbonyl (C=O) groups excluding carboxylic acids is 2. The molecular weight excluding hydrogens is 584 g/mol. The van der Waals surface area contributed by atoms with Gasteiger partial charge < -0.3 is 19.4 Å². The third kappa shape index (κ3) is 9.88. The highest BCUT2D eigenvalue weighted by Crippen LogP contribution is 2.29. The molecule has 0 saturated carbocycles. The first kappa shape index (κ1) is 33.1. The van der Waals surface area contributed by atoms with Crippen molar-refractivity contribution in [2.75, 3.05) is 64.4 Å². The van der Waals surface area contributed by atoms with Crippen molar-refractivity contribution in [3.05, 3.63) is 101 Å². The predicted molar refractivity (Wildman–Crippen MR) is 181 cm³/mol. The van der Waals surface area contributed by atoms with E-state index in [-0.39, 0.29) is 18.4 Å². The van der Waals surface area contributed by atoms with Crippen molar-refractivity contribution >= 4 is 29.1 Å². The molecule has 2 aliphatic heterocycles. The number of benzene rings is 3. The number of nitrogens with zero attached hydrogens (tertiary/aromatic N) is 4. The summed E-state index contributed by atoms with van der Waals surface area (Å²) in [5, 5.41) is 0.571. The van der Waals surface area contributed by atoms with Gasteiger partial charge >= 0.3 is 0 Å². The number of rotatable bonds is 9. The molecule has 1 saturated heterocycles. The van der Waals surface area contributed by atoms with Crippen LogP contribution in [-0.4, -0.2) is 86.0 Å². The largest absolute Gasteiger partial charge is 0.375 e. The Morgan fingerprint density at radius 2 is 1.51 bits per heavy atom. The van der Waals surface area contributed by atoms with Crippen LogP contribution in [0.4, 0.5) is 5.69 Å². The number of methoxy groups -OCH3 is 1. The van der Waals surface area contributed by atoms with Gasteiger partial charge in [-0.15, -0.1) is 0 Å². The Bertz CT molecular complexity index is 1360. The lowest BCUT2D eigenvalue weighted by molar-refractivity contribution is -0.133. The minimum atomic E-state index is -0.105. The first-order valence-corrected chi connectivity index (χ1v) is 16.7. The van der Waals surface area contributed by atoms with Crippen molar-refractivity contribution in [1.82, 2.24) is 14.7 Å². The molecule has 0 aliphatic carbocycles. The van der Waals surface area contributed by atoms with Crippen molar-refractivity contribution in [2.45, 2.75) is 45.2 Å². The Labute approximate surface area is 273 Å². The molecule has 2 amide bonds. The van der Waals surface area contributed by atoms with Gasteiger partial charge in [-0.05, 0) is 73.5 Å². The molecule has 0 spiro atoms. The summed E-state index contributed by atoms with van der Waals surface area (Å²) in [5.41, 5.74) is 4.32. The Morgan fingerprint density at radius 3 is 2.22 bits per heavy atom. The predicted octanol–water partition coefficient (Wildman–Crippen LogP) is 5.90. The molecule has 0 unspecified atom stereocenters. The van der Waals surface area contributed by atoms with Crippen LogP contribution < -0.4 is 4.90 Å². The third-order valence-electron chi connectivity index (χ3n) is 9.14. The average molecular weight is 631 g/mol. The van der Waals surface area contributed by atoms with Gasteiger partial charge in [-0.2, -0.15) is 0 Å². The van der Waals surface area contributed by atoms with Gasteiger partial charge in [-0.1, -0.05) is 78.3 Å². The van der Waals surface area contributed by atoms with E-state index in [1.165, 1.54) is 11.1 Å². The van der Waals surface area contributed by atoms with Crippen LogP contribution in [0.25, 0.3) is 0 Å². The van der Waals surface area contributed by atoms with E-state index in [1.807, 2.05) is 29.2 Å². The van der Waals surface area contributed by atoms with Crippen LogP contribution in [0.5, 0.6) is 0 Å². The van der Waals surface area contributed by atoms with Crippen LogP contribution in [0.2, 0.25) is 5.02 Å². The van der Waals surface area contributed by atoms with E-state index in [2.05, 4.69) is 64.4 Å². The number of likely N-dealkylation sites (tertiary alicyclic amines) is 1. The maximum absolute atomic E-state index is 14.0. The van der Waals surface area contributed by atoms with E-state index in [0.717, 1.165) is 76.2 Å². The summed E-state index contributed by atoms with van der Waals surface area (Å²) in [6, 6.07) is 26.8. The zero-order chi connectivity index (χ0) is 31.4. The fourth-order valence-corrected chi connectivity index (χ4v) is 6.71. The number of carbonyl (C=O) groups is 2. The SMILES string of the molecule is COCC(=O)N1CCCN(Cc2ccccc2)CCN(C(=O)CC2CCN(CCc3ccccc3)CC2)Cc2ccc(Cl)cc21. The number of anilines is 1. The molecule has 5 rings (SSSR count). The maximum Gasteiger partial charge on any atom is 0.252 e. The molecule has 3 aromatic rings. The van der Waals surface area contributed by atoms with Crippen molar-refractivity contribution in [1.29, 1.82) is 0 Å². The zero-order valence-corrected chi connectivity index (χ0v) is 27.3. The number of ether oxygens (including phenoxy) is 1. The van der Waals surface area contributed by atoms with Gasteiger partial charge in [0.2, 0.25) is 5.91 Å². The lowest BCUT2D eigenvalue weighted by Crippen LogP contribution is -2.41. The monoisotopic (exact) mass is 630 g/mol. The summed E-state index contributed by atoms with van der Waals surface area (Å²) in [5.74, 6) is 0.465. The zero-order valence-electron chi connectivity index (χ0n) is 26.6. The Hall–Kier alpha value is -3.23. The lowest BCUT2D eigenvalue weighted by Gasteiger charge is -2.33. The smallest absolute Gasteiger partial charge is 0.252 e. The second-order valence-corrected chi connectivity index (χ2v) is 12.8. The topological polar surface area (TPSA) is 56.3 Å². The van der Waals surface area contributed by atoms with E-state index in [0.29, 0.717) is 37.0 Å². The van der Waals surface area contributed by atoms with Gasteiger partial charge in [0.25, 0.3) is 5.91 Å². The van der Waals surface area contributed by atoms with E-state index in [9.17, 15) is 9.59 Å². The Balaban J connectivity index is 1.29. The molecule has 0 aromatic heterocycles. The van der Waals surface area contributed by atoms with Crippen molar-refractivity contribution in [3.63, 3.8) is 0 Å². The molecule has 0 N–H and O–H groups in total. The van der Waals surface area contributed by atoms with Gasteiger partial charge in [0.05, 0.1) is 5.69 Å². The summed E-state index contributed by atoms with van der Waals surface area (Å²) in [7, 11) is 1.54. The fourth-order valence-electron chi connectivity index (χ4n) is 6.55. The van der Waals surface area contributed by atoms with E-state index < -0.39 is 0 Å². The second kappa shape index (κ2) is 16.9. The minimum absolute atomic E-state index is 0.00757. The Kier molecular flexibility index (Phi) is 12.4. The van der Waals surface area contributed by atoms with Crippen LogP contribution in [0, 0.1) is 5.92 Å². The van der Waals surface area contributed by atoms with Gasteiger partial charge in [-0.3, -0.25) is 14.5 Å². The summed E-state index contributed by atoms with van der Waals surface area (Å²) in [6.45, 7) is 7.14. The fraction of sp³-hybridized carbons (Fsp3) is 0.459. The molecule has 0 atom stereocenters. The highest BCUT2D eigenvalue weighted by Gasteiger charge is 2.27. The Morgan fingerprint density at radius 1 is 0.800 bits per heavy atom. The molecule has 1 fully saturated rings. The molecule has 2 aliphatic rings. The molecule has 240 valence electrons. The lowest BCUT2D eigenvalue weighted by atomic mass is 9.92. The normalized spacial score (nSPS) is 17.5. The molecule has 8 heteroatoms. The number of halogens is 1. The number of piperidine rings is 1. The van der Waals surface area contributed by atoms with Crippen molar-refractivity contribution in [2.24, 2.45) is 5.92 Å². The molecule has 0 radical (unpaired) electrons. The van der Waals surface area contributed by atoms with Crippen molar-refractivity contribution in [3.8, 4) is 0 Å². The number of fused-ring (bicyclic) bond motifs is 1. The summed E-state index contributed by atoms with van der Waals surface area (Å²) in [4.78, 5) is 36.1. The average Bonchev–Trinajstić information content (AvgIpc) is 3.09. The van der Waals surface area contributed by atoms with Gasteiger partial charge in [-0.25, -0.2) is 0 Å². The second-order valence-electron chi connectivity index (χ2n) is 12.4. The van der Waals surface area contributed by atoms with Crippen molar-refractivity contribution < 1.29 is 14.3 Å². The minimum Gasteiger partial charge on any atom is -0.375 e. The highest BCUT2D eigenvalue weighted by molar-refractivity contribution is 6.31. The summed E-state index contributed by atoms with van der Waals surface area (Å²) in [6.07, 6.45) is 4.50. The maximum atomic E-state index is 14.0. The van der Waals surface area contributed by atoms with Crippen LogP contribution >= 0.6 is 11.6 Å². The molecule has 3 aromatic carbocycles. The first-order chi connectivity index (χ1) is 22.0. The molecule has 7 nitrogen and oxygen atoms in total. The molecule has 2 heterocycles. The first-order valence-electron chi connectivity index (χ1n) is 16.4. The number of hydrogen-bond donors (Lipinski definition) is 0. The number of hydrogen-bond acceptors (Lipinski definition) is 5. The van der Waals surface area contributed by atoms with Crippen LogP contribution in [0.3, 0.4) is 0 Å². The van der Waals surface area contributed by atoms with Gasteiger partial charge in [0.15, 0.2) is 0 Å². The van der Waals surface area contributed by atoms with Gasteiger partial charge in [0.1, 0.15) is 6.61 Å². The van der Waals surface area contributed by atoms with Crippen LogP contribution in [-0.2, 0) is 33.8 Å². The molecule has 0 bridgehead atoms. The highest BCUT2D eigenvalue weighted by atomic mass is 35.5. The van der Waals surface area contributed by atoms with Crippen LogP contribution in [0.1, 0.15) is 42.4 Å². The van der Waals surface area contributed by atoms with E-state index >= 15 is 0 Å². The standard InChI is InChI=1S/C37H47ClN4O3/c1-45-29-37(44)42-19-8-18-40(27-32-11-6-3-7-12-32)23-24-41(28-33-13-14-34(38)26-35(33)42)36(43)25-31-16-21-39(22-17-31)20-15-30-9-4-2-5-10-30/h2-7,9-14,26,31H,8,15-25,27-29H2,1H3. The molecule has 45 heavy (non-hydrogen) atoms.